The van der Waals surface area contributed by atoms with Crippen LogP contribution in [0.25, 0.3) is 5.70 Å². The highest BCUT2D eigenvalue weighted by molar-refractivity contribution is 5.66. The number of phenolic OH excluding ortho intramolecular Hbond substituents is 1. The Morgan fingerprint density at radius 1 is 1.00 bits per heavy atom. The van der Waals surface area contributed by atoms with Gasteiger partial charge in [-0.2, -0.15) is 0 Å². The van der Waals surface area contributed by atoms with Gasteiger partial charge in [-0.15, -0.1) is 0 Å². The number of quaternary nitrogens is 1. The third-order valence-electron chi connectivity index (χ3n) is 5.58. The zero-order chi connectivity index (χ0) is 21.8. The average molecular weight is 418 g/mol. The van der Waals surface area contributed by atoms with Crippen molar-refractivity contribution in [2.75, 3.05) is 13.7 Å². The summed E-state index contributed by atoms with van der Waals surface area (Å²) in [5.74, 6) is 1.53. The Hall–Kier alpha value is -3.44. The summed E-state index contributed by atoms with van der Waals surface area (Å²) < 4.78 is 10.9. The number of para-hydroxylation sites is 1. The molecular formula is C26H29N2O3+. The summed E-state index contributed by atoms with van der Waals surface area (Å²) in [6.45, 7) is 4.51. The molecule has 1 aliphatic heterocycles. The van der Waals surface area contributed by atoms with Crippen molar-refractivity contribution in [2.45, 2.75) is 26.1 Å². The molecule has 5 heteroatoms. The molecule has 2 atom stereocenters. The van der Waals surface area contributed by atoms with Crippen LogP contribution in [0.3, 0.4) is 0 Å². The average Bonchev–Trinajstić information content (AvgIpc) is 2.81. The second kappa shape index (κ2) is 9.14. The zero-order valence-electron chi connectivity index (χ0n) is 18.1. The molecule has 3 aromatic carbocycles. The molecule has 0 saturated heterocycles. The van der Waals surface area contributed by atoms with Crippen LogP contribution < -0.4 is 20.1 Å². The normalized spacial score (nSPS) is 18.1. The van der Waals surface area contributed by atoms with Gasteiger partial charge in [-0.3, -0.25) is 0 Å². The van der Waals surface area contributed by atoms with Gasteiger partial charge >= 0.3 is 0 Å². The minimum atomic E-state index is -0.0786. The fourth-order valence-corrected chi connectivity index (χ4v) is 3.90. The van der Waals surface area contributed by atoms with Crippen LogP contribution >= 0.6 is 0 Å². The minimum Gasteiger partial charge on any atom is -0.504 e. The third kappa shape index (κ3) is 4.52. The van der Waals surface area contributed by atoms with E-state index in [2.05, 4.69) is 47.9 Å². The summed E-state index contributed by atoms with van der Waals surface area (Å²) in [6.07, 6.45) is 2.15. The number of phenols is 1. The van der Waals surface area contributed by atoms with Crippen LogP contribution in [0.5, 0.6) is 17.2 Å². The molecule has 0 radical (unpaired) electrons. The van der Waals surface area contributed by atoms with Gasteiger partial charge in [0.1, 0.15) is 11.8 Å². The van der Waals surface area contributed by atoms with Gasteiger partial charge in [-0.1, -0.05) is 35.9 Å². The molecule has 0 bridgehead atoms. The number of hydrogen-bond acceptors (Lipinski definition) is 4. The Bertz CT molecular complexity index is 1060. The van der Waals surface area contributed by atoms with Crippen molar-refractivity contribution >= 4 is 5.70 Å². The predicted octanol–water partition coefficient (Wildman–Crippen LogP) is 4.06. The maximum Gasteiger partial charge on any atom is 0.186 e. The summed E-state index contributed by atoms with van der Waals surface area (Å²) >= 11 is 0. The van der Waals surface area contributed by atoms with Crippen LogP contribution in [0.4, 0.5) is 0 Å². The monoisotopic (exact) mass is 417 g/mol. The van der Waals surface area contributed by atoms with Gasteiger partial charge in [-0.05, 0) is 55.8 Å². The van der Waals surface area contributed by atoms with Crippen molar-refractivity contribution in [1.82, 2.24) is 5.32 Å². The molecule has 3 aromatic rings. The van der Waals surface area contributed by atoms with E-state index >= 15 is 0 Å². The van der Waals surface area contributed by atoms with E-state index in [4.69, 9.17) is 9.47 Å². The highest BCUT2D eigenvalue weighted by Crippen LogP contribution is 2.35. The third-order valence-corrected chi connectivity index (χ3v) is 5.58. The highest BCUT2D eigenvalue weighted by atomic mass is 16.5. The second-order valence-electron chi connectivity index (χ2n) is 7.69. The standard InChI is InChI=1S/C26H28N2O3/c1-4-31-24-7-5-6-21(25(24)29)23-16-22(18-12-14-20(30-3)15-13-18)27-26(28-23)19-10-8-17(2)9-11-19/h5-16,23,26-29H,4H2,1-3H3/p+1. The number of benzene rings is 3. The van der Waals surface area contributed by atoms with E-state index in [-0.39, 0.29) is 18.0 Å². The molecule has 0 fully saturated rings. The van der Waals surface area contributed by atoms with Gasteiger partial charge in [0.05, 0.1) is 19.3 Å². The Morgan fingerprint density at radius 3 is 2.42 bits per heavy atom. The lowest BCUT2D eigenvalue weighted by Crippen LogP contribution is -2.89. The van der Waals surface area contributed by atoms with Crippen molar-refractivity contribution in [1.29, 1.82) is 0 Å². The summed E-state index contributed by atoms with van der Waals surface area (Å²) in [5.41, 5.74) is 5.31. The van der Waals surface area contributed by atoms with E-state index in [1.54, 1.807) is 13.2 Å². The molecule has 5 nitrogen and oxygen atoms in total. The quantitative estimate of drug-likeness (QED) is 0.566. The number of rotatable bonds is 6. The van der Waals surface area contributed by atoms with E-state index < -0.39 is 0 Å². The van der Waals surface area contributed by atoms with Gasteiger partial charge in [-0.25, -0.2) is 0 Å². The van der Waals surface area contributed by atoms with Crippen molar-refractivity contribution < 1.29 is 19.9 Å². The van der Waals surface area contributed by atoms with Gasteiger partial charge in [0, 0.05) is 17.3 Å². The van der Waals surface area contributed by atoms with Crippen molar-refractivity contribution in [3.8, 4) is 17.2 Å². The summed E-state index contributed by atoms with van der Waals surface area (Å²) in [5, 5.41) is 16.8. The van der Waals surface area contributed by atoms with E-state index in [0.717, 1.165) is 22.6 Å². The molecule has 1 heterocycles. The molecule has 4 N–H and O–H groups in total. The fourth-order valence-electron chi connectivity index (χ4n) is 3.90. The summed E-state index contributed by atoms with van der Waals surface area (Å²) in [6, 6.07) is 22.2. The molecule has 2 unspecified atom stereocenters. The van der Waals surface area contributed by atoms with E-state index in [9.17, 15) is 5.11 Å². The van der Waals surface area contributed by atoms with Crippen LogP contribution in [-0.4, -0.2) is 18.8 Å². The number of ether oxygens (including phenoxy) is 2. The maximum atomic E-state index is 10.9. The lowest BCUT2D eigenvalue weighted by atomic mass is 9.97. The number of hydrogen-bond donors (Lipinski definition) is 3. The van der Waals surface area contributed by atoms with E-state index in [1.165, 1.54) is 11.1 Å². The molecule has 0 amide bonds. The van der Waals surface area contributed by atoms with Crippen molar-refractivity contribution in [3.05, 3.63) is 95.1 Å². The first-order valence-electron chi connectivity index (χ1n) is 10.6. The highest BCUT2D eigenvalue weighted by Gasteiger charge is 2.30. The van der Waals surface area contributed by atoms with Gasteiger partial charge in [0.2, 0.25) is 0 Å². The van der Waals surface area contributed by atoms with Crippen molar-refractivity contribution in [2.24, 2.45) is 0 Å². The number of methoxy groups -OCH3 is 1. The molecule has 0 aromatic heterocycles. The number of nitrogens with two attached hydrogens (primary N) is 1. The Morgan fingerprint density at radius 2 is 1.74 bits per heavy atom. The van der Waals surface area contributed by atoms with Crippen LogP contribution in [0, 0.1) is 6.92 Å². The first-order chi connectivity index (χ1) is 15.1. The minimum absolute atomic E-state index is 0.00264. The van der Waals surface area contributed by atoms with Gasteiger partial charge in [0.25, 0.3) is 0 Å². The first kappa shape index (κ1) is 20.8. The summed E-state index contributed by atoms with van der Waals surface area (Å²) in [7, 11) is 1.67. The topological polar surface area (TPSA) is 67.3 Å². The smallest absolute Gasteiger partial charge is 0.186 e. The molecule has 31 heavy (non-hydrogen) atoms. The number of nitrogens with one attached hydrogen (secondary N) is 1. The van der Waals surface area contributed by atoms with Gasteiger partial charge in [0.15, 0.2) is 17.7 Å². The predicted molar refractivity (Wildman–Crippen MR) is 122 cm³/mol. The number of aryl methyl sites for hydroxylation is 1. The van der Waals surface area contributed by atoms with Crippen LogP contribution in [0.1, 0.15) is 41.4 Å². The van der Waals surface area contributed by atoms with Crippen molar-refractivity contribution in [3.63, 3.8) is 0 Å². The largest absolute Gasteiger partial charge is 0.504 e. The van der Waals surface area contributed by atoms with Crippen LogP contribution in [0.2, 0.25) is 0 Å². The first-order valence-corrected chi connectivity index (χ1v) is 10.6. The molecule has 4 rings (SSSR count). The Kier molecular flexibility index (Phi) is 6.14. The molecule has 0 saturated carbocycles. The summed E-state index contributed by atoms with van der Waals surface area (Å²) in [4.78, 5) is 0. The fraction of sp³-hybridized carbons (Fsp3) is 0.231. The molecule has 0 aliphatic carbocycles. The van der Waals surface area contributed by atoms with Crippen LogP contribution in [-0.2, 0) is 0 Å². The molecule has 1 aliphatic rings. The van der Waals surface area contributed by atoms with E-state index in [0.29, 0.717) is 12.4 Å². The number of aromatic hydroxyl groups is 1. The lowest BCUT2D eigenvalue weighted by molar-refractivity contribution is -0.731. The SMILES string of the molecule is CCOc1cccc(C2C=C(c3ccc(OC)cc3)NC(c3ccc(C)cc3)[NH2+]2)c1O. The zero-order valence-corrected chi connectivity index (χ0v) is 18.1. The Labute approximate surface area is 183 Å². The molecular weight excluding hydrogens is 388 g/mol. The second-order valence-corrected chi connectivity index (χ2v) is 7.69. The molecule has 0 spiro atoms. The van der Waals surface area contributed by atoms with E-state index in [1.807, 2.05) is 43.3 Å². The Balaban J connectivity index is 1.75. The van der Waals surface area contributed by atoms with Crippen LogP contribution in [0.15, 0.2) is 72.8 Å². The molecule has 160 valence electrons. The lowest BCUT2D eigenvalue weighted by Gasteiger charge is -2.30. The van der Waals surface area contributed by atoms with Gasteiger partial charge < -0.3 is 25.2 Å². The maximum absolute atomic E-state index is 10.9.